The molecule has 0 atom stereocenters. The van der Waals surface area contributed by atoms with E-state index in [2.05, 4.69) is 31.1 Å². The van der Waals surface area contributed by atoms with Crippen LogP contribution in [0, 0.1) is 6.92 Å². The van der Waals surface area contributed by atoms with Crippen LogP contribution in [0.2, 0.25) is 0 Å². The van der Waals surface area contributed by atoms with Crippen LogP contribution in [0.25, 0.3) is 11.4 Å². The fourth-order valence-electron chi connectivity index (χ4n) is 1.85. The van der Waals surface area contributed by atoms with Crippen LogP contribution in [0.1, 0.15) is 19.7 Å². The number of aromatic nitrogens is 4. The van der Waals surface area contributed by atoms with E-state index in [0.717, 1.165) is 4.47 Å². The highest BCUT2D eigenvalue weighted by atomic mass is 79.9. The summed E-state index contributed by atoms with van der Waals surface area (Å²) in [6, 6.07) is 1.82. The lowest BCUT2D eigenvalue weighted by Gasteiger charge is -2.24. The van der Waals surface area contributed by atoms with E-state index in [1.165, 1.54) is 0 Å². The molecule has 0 aromatic carbocycles. The molecule has 0 aliphatic rings. The van der Waals surface area contributed by atoms with Crippen molar-refractivity contribution in [2.75, 3.05) is 0 Å². The van der Waals surface area contributed by atoms with Crippen molar-refractivity contribution < 1.29 is 9.90 Å². The second kappa shape index (κ2) is 4.73. The number of hydrogen-bond donors (Lipinski definition) is 1. The predicted molar refractivity (Wildman–Crippen MR) is 72.6 cm³/mol. The summed E-state index contributed by atoms with van der Waals surface area (Å²) in [5, 5.41) is 17.4. The number of aliphatic carboxylic acids is 1. The van der Waals surface area contributed by atoms with Gasteiger partial charge in [0.25, 0.3) is 0 Å². The molecule has 0 spiro atoms. The summed E-state index contributed by atoms with van der Waals surface area (Å²) in [6.07, 6.45) is 3.28. The number of rotatable bonds is 3. The normalized spacial score (nSPS) is 11.6. The SMILES string of the molecule is Cc1nnc(-c2cncc(Br)c2)n1C(C)(C)C(=O)O. The first-order valence-corrected chi connectivity index (χ1v) is 6.40. The number of carboxylic acids is 1. The van der Waals surface area contributed by atoms with Gasteiger partial charge in [-0.25, -0.2) is 4.79 Å². The molecule has 0 amide bonds. The molecule has 0 saturated carbocycles. The average molecular weight is 325 g/mol. The number of carbonyl (C=O) groups is 1. The van der Waals surface area contributed by atoms with Crippen LogP contribution in [-0.4, -0.2) is 30.8 Å². The van der Waals surface area contributed by atoms with Crippen molar-refractivity contribution >= 4 is 21.9 Å². The van der Waals surface area contributed by atoms with Gasteiger partial charge in [0.2, 0.25) is 0 Å². The lowest BCUT2D eigenvalue weighted by atomic mass is 10.0. The zero-order chi connectivity index (χ0) is 14.2. The predicted octanol–water partition coefficient (Wildman–Crippen LogP) is 2.23. The molecule has 100 valence electrons. The molecule has 2 heterocycles. The molecule has 0 unspecified atom stereocenters. The zero-order valence-electron chi connectivity index (χ0n) is 10.8. The van der Waals surface area contributed by atoms with Crippen molar-refractivity contribution in [3.63, 3.8) is 0 Å². The Labute approximate surface area is 118 Å². The van der Waals surface area contributed by atoms with Gasteiger partial charge in [-0.15, -0.1) is 10.2 Å². The first-order valence-electron chi connectivity index (χ1n) is 5.61. The second-order valence-corrected chi connectivity index (χ2v) is 5.58. The molecule has 7 heteroatoms. The van der Waals surface area contributed by atoms with Gasteiger partial charge in [0.05, 0.1) is 0 Å². The Bertz CT molecular complexity index is 636. The van der Waals surface area contributed by atoms with Crippen LogP contribution in [0.5, 0.6) is 0 Å². The summed E-state index contributed by atoms with van der Waals surface area (Å²) in [4.78, 5) is 15.5. The minimum Gasteiger partial charge on any atom is -0.480 e. The summed E-state index contributed by atoms with van der Waals surface area (Å²) >= 11 is 3.33. The maximum Gasteiger partial charge on any atom is 0.329 e. The van der Waals surface area contributed by atoms with Gasteiger partial charge in [0, 0.05) is 22.4 Å². The van der Waals surface area contributed by atoms with Crippen LogP contribution >= 0.6 is 15.9 Å². The molecule has 6 nitrogen and oxygen atoms in total. The van der Waals surface area contributed by atoms with E-state index < -0.39 is 11.5 Å². The lowest BCUT2D eigenvalue weighted by molar-refractivity contribution is -0.145. The third-order valence-electron chi connectivity index (χ3n) is 2.87. The fraction of sp³-hybridized carbons (Fsp3) is 0.333. The van der Waals surface area contributed by atoms with Crippen molar-refractivity contribution in [2.45, 2.75) is 26.3 Å². The molecular weight excluding hydrogens is 312 g/mol. The van der Waals surface area contributed by atoms with Crippen molar-refractivity contribution in [1.82, 2.24) is 19.7 Å². The molecule has 0 bridgehead atoms. The molecule has 0 saturated heterocycles. The summed E-state index contributed by atoms with van der Waals surface area (Å²) < 4.78 is 2.39. The van der Waals surface area contributed by atoms with Gasteiger partial charge in [-0.1, -0.05) is 0 Å². The maximum atomic E-state index is 11.4. The summed E-state index contributed by atoms with van der Waals surface area (Å²) in [7, 11) is 0. The van der Waals surface area contributed by atoms with E-state index >= 15 is 0 Å². The molecular formula is C12H13BrN4O2. The third kappa shape index (κ3) is 2.37. The van der Waals surface area contributed by atoms with Gasteiger partial charge < -0.3 is 5.11 Å². The number of pyridine rings is 1. The van der Waals surface area contributed by atoms with E-state index in [4.69, 9.17) is 0 Å². The van der Waals surface area contributed by atoms with Crippen molar-refractivity contribution in [3.8, 4) is 11.4 Å². The molecule has 2 aromatic rings. The minimum absolute atomic E-state index is 0.485. The highest BCUT2D eigenvalue weighted by molar-refractivity contribution is 9.10. The quantitative estimate of drug-likeness (QED) is 0.936. The molecule has 0 aliphatic carbocycles. The number of nitrogens with zero attached hydrogens (tertiary/aromatic N) is 4. The Balaban J connectivity index is 2.65. The van der Waals surface area contributed by atoms with Crippen LogP contribution < -0.4 is 0 Å². The number of hydrogen-bond acceptors (Lipinski definition) is 4. The Kier molecular flexibility index (Phi) is 3.40. The number of aryl methyl sites for hydroxylation is 1. The molecule has 0 fully saturated rings. The first-order chi connectivity index (χ1) is 8.84. The molecule has 19 heavy (non-hydrogen) atoms. The largest absolute Gasteiger partial charge is 0.480 e. The first kappa shape index (κ1) is 13.7. The number of halogens is 1. The van der Waals surface area contributed by atoms with Crippen molar-refractivity contribution in [1.29, 1.82) is 0 Å². The highest BCUT2D eigenvalue weighted by Gasteiger charge is 2.34. The van der Waals surface area contributed by atoms with Crippen LogP contribution in [-0.2, 0) is 10.3 Å². The van der Waals surface area contributed by atoms with Gasteiger partial charge in [-0.3, -0.25) is 9.55 Å². The van der Waals surface area contributed by atoms with Gasteiger partial charge in [-0.2, -0.15) is 0 Å². The standard InChI is InChI=1S/C12H13BrN4O2/c1-7-15-16-10(8-4-9(13)6-14-5-8)17(7)12(2,3)11(18)19/h4-6H,1-3H3,(H,18,19). The molecule has 1 N–H and O–H groups in total. The summed E-state index contributed by atoms with van der Waals surface area (Å²) in [5.41, 5.74) is -0.421. The highest BCUT2D eigenvalue weighted by Crippen LogP contribution is 2.27. The minimum atomic E-state index is -1.13. The Morgan fingerprint density at radius 1 is 1.37 bits per heavy atom. The topological polar surface area (TPSA) is 80.9 Å². The van der Waals surface area contributed by atoms with Crippen LogP contribution in [0.15, 0.2) is 22.9 Å². The second-order valence-electron chi connectivity index (χ2n) is 4.66. The summed E-state index contributed by atoms with van der Waals surface area (Å²) in [6.45, 7) is 4.95. The Morgan fingerprint density at radius 2 is 2.05 bits per heavy atom. The monoisotopic (exact) mass is 324 g/mol. The molecule has 2 rings (SSSR count). The Morgan fingerprint density at radius 3 is 2.63 bits per heavy atom. The smallest absolute Gasteiger partial charge is 0.329 e. The lowest BCUT2D eigenvalue weighted by Crippen LogP contribution is -2.37. The van der Waals surface area contributed by atoms with Gasteiger partial charge >= 0.3 is 5.97 Å². The van der Waals surface area contributed by atoms with E-state index in [9.17, 15) is 9.90 Å². The average Bonchev–Trinajstić information content (AvgIpc) is 2.71. The maximum absolute atomic E-state index is 11.4. The van der Waals surface area contributed by atoms with E-state index in [-0.39, 0.29) is 0 Å². The molecule has 2 aromatic heterocycles. The zero-order valence-corrected chi connectivity index (χ0v) is 12.3. The number of carboxylic acid groups (broad SMARTS) is 1. The van der Waals surface area contributed by atoms with Crippen molar-refractivity contribution in [3.05, 3.63) is 28.8 Å². The summed E-state index contributed by atoms with van der Waals surface area (Å²) in [5.74, 6) is 0.0840. The Hall–Kier alpha value is -1.76. The van der Waals surface area contributed by atoms with Crippen molar-refractivity contribution in [2.24, 2.45) is 0 Å². The molecule has 0 radical (unpaired) electrons. The van der Waals surface area contributed by atoms with Gasteiger partial charge in [-0.05, 0) is 42.8 Å². The van der Waals surface area contributed by atoms with Gasteiger partial charge in [0.15, 0.2) is 5.82 Å². The van der Waals surface area contributed by atoms with Crippen LogP contribution in [0.4, 0.5) is 0 Å². The molecule has 0 aliphatic heterocycles. The third-order valence-corrected chi connectivity index (χ3v) is 3.30. The fourth-order valence-corrected chi connectivity index (χ4v) is 2.21. The van der Waals surface area contributed by atoms with E-state index in [0.29, 0.717) is 17.2 Å². The van der Waals surface area contributed by atoms with E-state index in [1.807, 2.05) is 6.07 Å². The van der Waals surface area contributed by atoms with Gasteiger partial charge in [0.1, 0.15) is 11.4 Å². The van der Waals surface area contributed by atoms with Crippen LogP contribution in [0.3, 0.4) is 0 Å². The van der Waals surface area contributed by atoms with E-state index in [1.54, 1.807) is 37.7 Å².